The van der Waals surface area contributed by atoms with Gasteiger partial charge in [-0.1, -0.05) is 0 Å². The standard InChI is InChI=1S/C22H20F3N5O/c23-22(24,25)19-7-4-16(11-26-19)28-21(31)27-15-3-6-18-14(10-15)2-8-20(29-18)30-12-13-1-5-17(30)9-13/h2-4,6-8,10-11,13,17H,1,5,9,12H2,(H2,27,28,31)/t13-,17-/m0/s1. The number of fused-ring (bicyclic) bond motifs is 3. The normalized spacial score (nSPS) is 20.3. The summed E-state index contributed by atoms with van der Waals surface area (Å²) in [5.74, 6) is 1.78. The average Bonchev–Trinajstić information content (AvgIpc) is 3.37. The lowest BCUT2D eigenvalue weighted by molar-refractivity contribution is -0.141. The molecule has 0 spiro atoms. The molecule has 3 aromatic rings. The number of alkyl halides is 3. The number of halogens is 3. The van der Waals surface area contributed by atoms with Crippen LogP contribution in [-0.4, -0.2) is 28.6 Å². The van der Waals surface area contributed by atoms with Crippen molar-refractivity contribution in [3.63, 3.8) is 0 Å². The summed E-state index contributed by atoms with van der Waals surface area (Å²) in [6.07, 6.45) is 0.255. The second-order valence-electron chi connectivity index (χ2n) is 8.07. The Morgan fingerprint density at radius 1 is 1.03 bits per heavy atom. The van der Waals surface area contributed by atoms with Crippen LogP contribution in [0.5, 0.6) is 0 Å². The van der Waals surface area contributed by atoms with E-state index in [1.807, 2.05) is 24.3 Å². The van der Waals surface area contributed by atoms with Gasteiger partial charge in [0.15, 0.2) is 0 Å². The van der Waals surface area contributed by atoms with Gasteiger partial charge in [-0.15, -0.1) is 0 Å². The molecule has 2 amide bonds. The van der Waals surface area contributed by atoms with Crippen LogP contribution < -0.4 is 15.5 Å². The maximum absolute atomic E-state index is 12.6. The quantitative estimate of drug-likeness (QED) is 0.597. The Labute approximate surface area is 176 Å². The van der Waals surface area contributed by atoms with Crippen LogP contribution in [0.15, 0.2) is 48.7 Å². The topological polar surface area (TPSA) is 70.1 Å². The summed E-state index contributed by atoms with van der Waals surface area (Å²) in [4.78, 5) is 22.7. The third-order valence-electron chi connectivity index (χ3n) is 5.95. The number of nitrogens with zero attached hydrogens (tertiary/aromatic N) is 3. The van der Waals surface area contributed by atoms with Crippen LogP contribution in [0.1, 0.15) is 25.0 Å². The molecule has 6 nitrogen and oxygen atoms in total. The first kappa shape index (κ1) is 19.6. The summed E-state index contributed by atoms with van der Waals surface area (Å²) in [7, 11) is 0. The predicted octanol–water partition coefficient (Wildman–Crippen LogP) is 5.28. The zero-order valence-electron chi connectivity index (χ0n) is 16.5. The number of carbonyl (C=O) groups excluding carboxylic acids is 1. The summed E-state index contributed by atoms with van der Waals surface area (Å²) in [6, 6.07) is 11.4. The predicted molar refractivity (Wildman–Crippen MR) is 112 cm³/mol. The van der Waals surface area contributed by atoms with Gasteiger partial charge in [-0.2, -0.15) is 13.2 Å². The second-order valence-corrected chi connectivity index (χ2v) is 8.07. The SMILES string of the molecule is O=C(Nc1ccc(C(F)(F)F)nc1)Nc1ccc2nc(N3C[C@H]4CC[C@H]3C4)ccc2c1. The summed E-state index contributed by atoms with van der Waals surface area (Å²) in [6.45, 7) is 1.07. The van der Waals surface area contributed by atoms with E-state index >= 15 is 0 Å². The lowest BCUT2D eigenvalue weighted by atomic mass is 10.1. The van der Waals surface area contributed by atoms with E-state index in [9.17, 15) is 18.0 Å². The van der Waals surface area contributed by atoms with Crippen molar-refractivity contribution < 1.29 is 18.0 Å². The molecular weight excluding hydrogens is 407 g/mol. The van der Waals surface area contributed by atoms with Gasteiger partial charge in [0.1, 0.15) is 11.5 Å². The highest BCUT2D eigenvalue weighted by Crippen LogP contribution is 2.40. The number of aromatic nitrogens is 2. The van der Waals surface area contributed by atoms with Crippen molar-refractivity contribution in [2.45, 2.75) is 31.5 Å². The van der Waals surface area contributed by atoms with Crippen LogP contribution in [0.3, 0.4) is 0 Å². The van der Waals surface area contributed by atoms with Gasteiger partial charge in [0, 0.05) is 23.7 Å². The molecule has 2 atom stereocenters. The van der Waals surface area contributed by atoms with Crippen LogP contribution >= 0.6 is 0 Å². The Balaban J connectivity index is 1.26. The third-order valence-corrected chi connectivity index (χ3v) is 5.95. The van der Waals surface area contributed by atoms with Crippen molar-refractivity contribution in [2.24, 2.45) is 5.92 Å². The van der Waals surface area contributed by atoms with Crippen molar-refractivity contribution in [3.05, 3.63) is 54.4 Å². The van der Waals surface area contributed by atoms with Gasteiger partial charge < -0.3 is 15.5 Å². The summed E-state index contributed by atoms with van der Waals surface area (Å²) in [5.41, 5.74) is 0.553. The third kappa shape index (κ3) is 3.99. The minimum absolute atomic E-state index is 0.164. The van der Waals surface area contributed by atoms with Crippen LogP contribution in [0, 0.1) is 5.92 Å². The van der Waals surface area contributed by atoms with Crippen molar-refractivity contribution in [1.29, 1.82) is 0 Å². The van der Waals surface area contributed by atoms with Gasteiger partial charge >= 0.3 is 12.2 Å². The second kappa shape index (κ2) is 7.40. The number of amides is 2. The number of hydrogen-bond donors (Lipinski definition) is 2. The van der Waals surface area contributed by atoms with Gasteiger partial charge in [-0.3, -0.25) is 0 Å². The molecule has 0 radical (unpaired) electrons. The fraction of sp³-hybridized carbons (Fsp3) is 0.318. The highest BCUT2D eigenvalue weighted by Gasteiger charge is 2.38. The van der Waals surface area contributed by atoms with Crippen LogP contribution in [-0.2, 0) is 6.18 Å². The minimum Gasteiger partial charge on any atom is -0.353 e. The number of hydrogen-bond acceptors (Lipinski definition) is 4. The molecule has 2 aromatic heterocycles. The fourth-order valence-corrected chi connectivity index (χ4v) is 4.49. The van der Waals surface area contributed by atoms with Crippen molar-refractivity contribution in [1.82, 2.24) is 9.97 Å². The highest BCUT2D eigenvalue weighted by molar-refractivity contribution is 6.00. The first-order valence-electron chi connectivity index (χ1n) is 10.1. The highest BCUT2D eigenvalue weighted by atomic mass is 19.4. The number of rotatable bonds is 3. The molecule has 1 saturated heterocycles. The monoisotopic (exact) mass is 427 g/mol. The molecule has 1 aromatic carbocycles. The summed E-state index contributed by atoms with van der Waals surface area (Å²) in [5, 5.41) is 6.05. The van der Waals surface area contributed by atoms with Crippen LogP contribution in [0.4, 0.5) is 35.2 Å². The maximum Gasteiger partial charge on any atom is 0.433 e. The Morgan fingerprint density at radius 3 is 2.52 bits per heavy atom. The van der Waals surface area contributed by atoms with E-state index in [2.05, 4.69) is 20.5 Å². The number of carbonyl (C=O) groups is 1. The first-order chi connectivity index (χ1) is 14.8. The maximum atomic E-state index is 12.6. The largest absolute Gasteiger partial charge is 0.433 e. The number of benzene rings is 1. The number of pyridine rings is 2. The molecule has 5 rings (SSSR count). The zero-order chi connectivity index (χ0) is 21.6. The molecule has 31 heavy (non-hydrogen) atoms. The molecule has 1 aliphatic carbocycles. The molecule has 1 aliphatic heterocycles. The van der Waals surface area contributed by atoms with E-state index in [-0.39, 0.29) is 5.69 Å². The van der Waals surface area contributed by atoms with E-state index in [4.69, 9.17) is 4.98 Å². The molecular formula is C22H20F3N5O. The Morgan fingerprint density at radius 2 is 1.84 bits per heavy atom. The molecule has 3 heterocycles. The molecule has 160 valence electrons. The lowest BCUT2D eigenvalue weighted by Crippen LogP contribution is -2.32. The summed E-state index contributed by atoms with van der Waals surface area (Å²) >= 11 is 0. The number of piperidine rings is 1. The van der Waals surface area contributed by atoms with Crippen molar-refractivity contribution in [3.8, 4) is 0 Å². The number of nitrogens with one attached hydrogen (secondary N) is 2. The van der Waals surface area contributed by atoms with E-state index in [0.29, 0.717) is 11.7 Å². The zero-order valence-corrected chi connectivity index (χ0v) is 16.5. The van der Waals surface area contributed by atoms with Gasteiger partial charge in [-0.25, -0.2) is 14.8 Å². The Kier molecular flexibility index (Phi) is 4.68. The summed E-state index contributed by atoms with van der Waals surface area (Å²) < 4.78 is 37.7. The van der Waals surface area contributed by atoms with Crippen LogP contribution in [0.2, 0.25) is 0 Å². The van der Waals surface area contributed by atoms with Gasteiger partial charge in [-0.05, 0) is 67.6 Å². The van der Waals surface area contributed by atoms with E-state index < -0.39 is 17.9 Å². The first-order valence-corrected chi connectivity index (χ1v) is 10.1. The molecule has 2 fully saturated rings. The molecule has 1 saturated carbocycles. The Bertz CT molecular complexity index is 1130. The molecule has 2 bridgehead atoms. The van der Waals surface area contributed by atoms with E-state index in [1.54, 1.807) is 6.07 Å². The number of urea groups is 1. The van der Waals surface area contributed by atoms with Gasteiger partial charge in [0.05, 0.1) is 17.4 Å². The van der Waals surface area contributed by atoms with Gasteiger partial charge in [0.2, 0.25) is 0 Å². The average molecular weight is 427 g/mol. The minimum atomic E-state index is -4.52. The molecule has 0 unspecified atom stereocenters. The lowest BCUT2D eigenvalue weighted by Gasteiger charge is -2.28. The van der Waals surface area contributed by atoms with Crippen LogP contribution in [0.25, 0.3) is 10.9 Å². The van der Waals surface area contributed by atoms with Gasteiger partial charge in [0.25, 0.3) is 0 Å². The molecule has 2 aliphatic rings. The molecule has 9 heteroatoms. The Hall–Kier alpha value is -3.36. The fourth-order valence-electron chi connectivity index (χ4n) is 4.49. The van der Waals surface area contributed by atoms with E-state index in [0.717, 1.165) is 47.5 Å². The molecule has 2 N–H and O–H groups in total. The number of anilines is 3. The smallest absolute Gasteiger partial charge is 0.353 e. The van der Waals surface area contributed by atoms with Crippen molar-refractivity contribution in [2.75, 3.05) is 22.1 Å². The van der Waals surface area contributed by atoms with Crippen molar-refractivity contribution >= 4 is 34.1 Å². The van der Waals surface area contributed by atoms with E-state index in [1.165, 1.54) is 19.3 Å².